The van der Waals surface area contributed by atoms with Crippen molar-refractivity contribution in [3.63, 3.8) is 0 Å². The lowest BCUT2D eigenvalue weighted by molar-refractivity contribution is 0.0963. The third kappa shape index (κ3) is 4.37. The summed E-state index contributed by atoms with van der Waals surface area (Å²) in [7, 11) is -2.11. The summed E-state index contributed by atoms with van der Waals surface area (Å²) >= 11 is 1.52. The fourth-order valence-electron chi connectivity index (χ4n) is 1.85. The summed E-state index contributed by atoms with van der Waals surface area (Å²) in [6.45, 7) is 4.23. The highest BCUT2D eigenvalue weighted by atomic mass is 32.2. The van der Waals surface area contributed by atoms with Gasteiger partial charge in [-0.05, 0) is 24.3 Å². The molecule has 0 radical (unpaired) electrons. The molecule has 0 unspecified atom stereocenters. The second-order valence-corrected chi connectivity index (χ2v) is 7.92. The van der Waals surface area contributed by atoms with Crippen molar-refractivity contribution in [2.45, 2.75) is 31.2 Å². The molecule has 0 saturated carbocycles. The summed E-state index contributed by atoms with van der Waals surface area (Å²) in [6, 6.07) is 5.78. The summed E-state index contributed by atoms with van der Waals surface area (Å²) in [6.07, 6.45) is 0. The molecule has 1 aromatic heterocycles. The Morgan fingerprint density at radius 3 is 2.43 bits per heavy atom. The molecule has 0 saturated heterocycles. The van der Waals surface area contributed by atoms with Crippen molar-refractivity contribution >= 4 is 27.3 Å². The lowest BCUT2D eigenvalue weighted by atomic mass is 10.2. The van der Waals surface area contributed by atoms with Crippen LogP contribution in [0.4, 0.5) is 0 Å². The molecule has 0 atom stereocenters. The predicted octanol–water partition coefficient (Wildman–Crippen LogP) is 2.10. The molecule has 1 amide bonds. The molecule has 8 heteroatoms. The molecule has 2 N–H and O–H groups in total. The van der Waals surface area contributed by atoms with Gasteiger partial charge in [-0.15, -0.1) is 11.3 Å². The van der Waals surface area contributed by atoms with E-state index in [0.29, 0.717) is 17.2 Å². The summed E-state index contributed by atoms with van der Waals surface area (Å²) in [4.78, 5) is 16.0. The van der Waals surface area contributed by atoms with E-state index in [9.17, 15) is 13.2 Å². The van der Waals surface area contributed by atoms with Crippen molar-refractivity contribution in [2.75, 3.05) is 7.05 Å². The molecule has 1 aromatic carbocycles. The Kier molecular flexibility index (Phi) is 5.51. The zero-order valence-electron chi connectivity index (χ0n) is 13.2. The zero-order chi connectivity index (χ0) is 17.0. The smallest absolute Gasteiger partial charge is 0.251 e. The monoisotopic (exact) mass is 353 g/mol. The minimum absolute atomic E-state index is 0.115. The molecule has 124 valence electrons. The highest BCUT2D eigenvalue weighted by molar-refractivity contribution is 7.89. The number of nitrogens with zero attached hydrogens (tertiary/aromatic N) is 1. The molecular formula is C15H19N3O3S2. The molecule has 0 spiro atoms. The minimum Gasteiger partial charge on any atom is -0.355 e. The van der Waals surface area contributed by atoms with Crippen LogP contribution in [-0.4, -0.2) is 26.4 Å². The SMILES string of the molecule is CNC(=O)c1ccc(S(=O)(=O)NCc2csc(C(C)C)n2)cc1. The van der Waals surface area contributed by atoms with Crippen LogP contribution in [0.5, 0.6) is 0 Å². The molecule has 23 heavy (non-hydrogen) atoms. The number of aromatic nitrogens is 1. The normalized spacial score (nSPS) is 11.7. The second-order valence-electron chi connectivity index (χ2n) is 5.26. The Bertz CT molecular complexity index is 781. The van der Waals surface area contributed by atoms with Crippen molar-refractivity contribution < 1.29 is 13.2 Å². The van der Waals surface area contributed by atoms with Gasteiger partial charge < -0.3 is 5.32 Å². The molecule has 0 aliphatic carbocycles. The number of hydrogen-bond donors (Lipinski definition) is 2. The van der Waals surface area contributed by atoms with Gasteiger partial charge in [0.1, 0.15) is 0 Å². The third-order valence-corrected chi connectivity index (χ3v) is 5.77. The Morgan fingerprint density at radius 2 is 1.91 bits per heavy atom. The van der Waals surface area contributed by atoms with Crippen molar-refractivity contribution in [1.82, 2.24) is 15.0 Å². The van der Waals surface area contributed by atoms with E-state index in [1.54, 1.807) is 0 Å². The molecule has 2 aromatic rings. The number of sulfonamides is 1. The number of amides is 1. The average molecular weight is 353 g/mol. The highest BCUT2D eigenvalue weighted by Crippen LogP contribution is 2.19. The first-order valence-electron chi connectivity index (χ1n) is 7.09. The van der Waals surface area contributed by atoms with Gasteiger partial charge in [0.25, 0.3) is 5.91 Å². The van der Waals surface area contributed by atoms with Gasteiger partial charge in [-0.25, -0.2) is 18.1 Å². The maximum atomic E-state index is 12.3. The van der Waals surface area contributed by atoms with Gasteiger partial charge in [0.15, 0.2) is 0 Å². The third-order valence-electron chi connectivity index (χ3n) is 3.16. The first-order valence-corrected chi connectivity index (χ1v) is 9.46. The maximum absolute atomic E-state index is 12.3. The minimum atomic E-state index is -3.64. The van der Waals surface area contributed by atoms with Crippen LogP contribution in [0.2, 0.25) is 0 Å². The number of rotatable bonds is 6. The van der Waals surface area contributed by atoms with Crippen molar-refractivity contribution in [2.24, 2.45) is 0 Å². The Morgan fingerprint density at radius 1 is 1.26 bits per heavy atom. The zero-order valence-corrected chi connectivity index (χ0v) is 14.8. The molecule has 0 aliphatic rings. The lowest BCUT2D eigenvalue weighted by Crippen LogP contribution is -2.24. The van der Waals surface area contributed by atoms with Gasteiger partial charge in [-0.3, -0.25) is 4.79 Å². The average Bonchev–Trinajstić information content (AvgIpc) is 3.02. The fraction of sp³-hybridized carbons (Fsp3) is 0.333. The van der Waals surface area contributed by atoms with Gasteiger partial charge in [-0.1, -0.05) is 13.8 Å². The summed E-state index contributed by atoms with van der Waals surface area (Å²) in [5.74, 6) is 0.0632. The van der Waals surface area contributed by atoms with Gasteiger partial charge in [-0.2, -0.15) is 0 Å². The summed E-state index contributed by atoms with van der Waals surface area (Å²) in [5.41, 5.74) is 1.11. The first-order chi connectivity index (χ1) is 10.8. The van der Waals surface area contributed by atoms with E-state index in [0.717, 1.165) is 5.01 Å². The second kappa shape index (κ2) is 7.20. The van der Waals surface area contributed by atoms with Crippen LogP contribution in [0.3, 0.4) is 0 Å². The molecule has 0 fully saturated rings. The van der Waals surface area contributed by atoms with E-state index in [2.05, 4.69) is 15.0 Å². The van der Waals surface area contributed by atoms with Crippen LogP contribution in [0.15, 0.2) is 34.5 Å². The van der Waals surface area contributed by atoms with Crippen LogP contribution in [0.1, 0.15) is 40.8 Å². The van der Waals surface area contributed by atoms with E-state index in [-0.39, 0.29) is 17.3 Å². The van der Waals surface area contributed by atoms with Gasteiger partial charge >= 0.3 is 0 Å². The Labute approximate surface area is 140 Å². The van der Waals surface area contributed by atoms with Crippen LogP contribution in [0.25, 0.3) is 0 Å². The molecule has 2 rings (SSSR count). The van der Waals surface area contributed by atoms with E-state index in [1.165, 1.54) is 42.6 Å². The van der Waals surface area contributed by atoms with E-state index in [1.807, 2.05) is 19.2 Å². The number of benzene rings is 1. The van der Waals surface area contributed by atoms with Crippen LogP contribution in [-0.2, 0) is 16.6 Å². The van der Waals surface area contributed by atoms with Crippen molar-refractivity contribution in [3.8, 4) is 0 Å². The number of thiazole rings is 1. The van der Waals surface area contributed by atoms with Crippen LogP contribution < -0.4 is 10.0 Å². The van der Waals surface area contributed by atoms with Crippen molar-refractivity contribution in [1.29, 1.82) is 0 Å². The number of carbonyl (C=O) groups excluding carboxylic acids is 1. The molecular weight excluding hydrogens is 334 g/mol. The Balaban J connectivity index is 2.07. The highest BCUT2D eigenvalue weighted by Gasteiger charge is 2.15. The first kappa shape index (κ1) is 17.6. The summed E-state index contributed by atoms with van der Waals surface area (Å²) < 4.78 is 27.0. The van der Waals surface area contributed by atoms with Crippen LogP contribution >= 0.6 is 11.3 Å². The molecule has 6 nitrogen and oxygen atoms in total. The quantitative estimate of drug-likeness (QED) is 0.832. The van der Waals surface area contributed by atoms with Gasteiger partial charge in [0.2, 0.25) is 10.0 Å². The number of carbonyl (C=O) groups is 1. The molecule has 0 bridgehead atoms. The fourth-order valence-corrected chi connectivity index (χ4v) is 3.69. The molecule has 0 aliphatic heterocycles. The lowest BCUT2D eigenvalue weighted by Gasteiger charge is -2.06. The summed E-state index contributed by atoms with van der Waals surface area (Å²) in [5, 5.41) is 5.32. The van der Waals surface area contributed by atoms with Gasteiger partial charge in [0, 0.05) is 23.9 Å². The number of hydrogen-bond acceptors (Lipinski definition) is 5. The van der Waals surface area contributed by atoms with E-state index < -0.39 is 10.0 Å². The van der Waals surface area contributed by atoms with Crippen LogP contribution in [0, 0.1) is 0 Å². The number of nitrogens with one attached hydrogen (secondary N) is 2. The van der Waals surface area contributed by atoms with E-state index in [4.69, 9.17) is 0 Å². The predicted molar refractivity (Wildman–Crippen MR) is 90.1 cm³/mol. The topological polar surface area (TPSA) is 88.2 Å². The van der Waals surface area contributed by atoms with E-state index >= 15 is 0 Å². The molecule has 1 heterocycles. The standard InChI is InChI=1S/C15H19N3O3S2/c1-10(2)15-18-12(9-22-15)8-17-23(20,21)13-6-4-11(5-7-13)14(19)16-3/h4-7,9-10,17H,8H2,1-3H3,(H,16,19). The Hall–Kier alpha value is -1.77. The van der Waals surface area contributed by atoms with Crippen molar-refractivity contribution in [3.05, 3.63) is 45.9 Å². The largest absolute Gasteiger partial charge is 0.355 e. The maximum Gasteiger partial charge on any atom is 0.251 e. The van der Waals surface area contributed by atoms with Gasteiger partial charge in [0.05, 0.1) is 22.1 Å².